The van der Waals surface area contributed by atoms with Crippen molar-refractivity contribution in [2.75, 3.05) is 11.9 Å². The Balaban J connectivity index is 1.45. The number of rotatable bonds is 4. The van der Waals surface area contributed by atoms with E-state index in [4.69, 9.17) is 5.10 Å². The summed E-state index contributed by atoms with van der Waals surface area (Å²) in [6.45, 7) is 6.80. The van der Waals surface area contributed by atoms with Gasteiger partial charge in [-0.15, -0.1) is 0 Å². The molecule has 5 rings (SSSR count). The SMILES string of the molecule is CC(=O)Nc1c(-c2ccc(C)cc2)c(C)nn1-c1ccc(C(=O)N2CCc3ccccc3C2)cc1. The monoisotopic (exact) mass is 464 g/mol. The van der Waals surface area contributed by atoms with E-state index in [9.17, 15) is 9.59 Å². The van der Waals surface area contributed by atoms with E-state index in [1.807, 2.05) is 79.4 Å². The molecule has 3 aromatic carbocycles. The van der Waals surface area contributed by atoms with Crippen molar-refractivity contribution in [3.8, 4) is 16.8 Å². The summed E-state index contributed by atoms with van der Waals surface area (Å²) in [7, 11) is 0. The average molecular weight is 465 g/mol. The number of carbonyl (C=O) groups is 2. The lowest BCUT2D eigenvalue weighted by Gasteiger charge is -2.29. The van der Waals surface area contributed by atoms with Gasteiger partial charge in [0.25, 0.3) is 5.91 Å². The Labute approximate surface area is 205 Å². The number of benzene rings is 3. The summed E-state index contributed by atoms with van der Waals surface area (Å²) in [6, 6.07) is 23.9. The van der Waals surface area contributed by atoms with Gasteiger partial charge in [0.2, 0.25) is 5.91 Å². The van der Waals surface area contributed by atoms with E-state index in [1.54, 1.807) is 4.68 Å². The van der Waals surface area contributed by atoms with Crippen LogP contribution < -0.4 is 5.32 Å². The molecule has 0 aliphatic carbocycles. The number of aryl methyl sites for hydroxylation is 2. The fourth-order valence-corrected chi connectivity index (χ4v) is 4.66. The van der Waals surface area contributed by atoms with Crippen LogP contribution in [0.3, 0.4) is 0 Å². The van der Waals surface area contributed by atoms with E-state index < -0.39 is 0 Å². The number of amides is 2. The van der Waals surface area contributed by atoms with E-state index in [1.165, 1.54) is 18.1 Å². The van der Waals surface area contributed by atoms with Crippen molar-refractivity contribution in [3.05, 3.63) is 101 Å². The number of fused-ring (bicyclic) bond motifs is 1. The minimum absolute atomic E-state index is 0.0186. The first-order valence-electron chi connectivity index (χ1n) is 11.8. The predicted octanol–water partition coefficient (Wildman–Crippen LogP) is 5.31. The van der Waals surface area contributed by atoms with Gasteiger partial charge in [-0.25, -0.2) is 4.68 Å². The molecule has 2 amide bonds. The Bertz CT molecular complexity index is 1400. The van der Waals surface area contributed by atoms with E-state index in [-0.39, 0.29) is 11.8 Å². The van der Waals surface area contributed by atoms with Crippen LogP contribution >= 0.6 is 0 Å². The molecule has 6 nitrogen and oxygen atoms in total. The van der Waals surface area contributed by atoms with Gasteiger partial charge in [0.15, 0.2) is 0 Å². The lowest BCUT2D eigenvalue weighted by atomic mass is 9.99. The Morgan fingerprint density at radius 3 is 2.26 bits per heavy atom. The quantitative estimate of drug-likeness (QED) is 0.445. The molecule has 2 heterocycles. The Morgan fingerprint density at radius 2 is 1.57 bits per heavy atom. The van der Waals surface area contributed by atoms with Crippen molar-refractivity contribution in [1.29, 1.82) is 0 Å². The van der Waals surface area contributed by atoms with Gasteiger partial charge in [0.1, 0.15) is 5.82 Å². The fourth-order valence-electron chi connectivity index (χ4n) is 4.66. The van der Waals surface area contributed by atoms with Gasteiger partial charge in [-0.2, -0.15) is 5.10 Å². The van der Waals surface area contributed by atoms with Crippen molar-refractivity contribution in [2.45, 2.75) is 33.7 Å². The average Bonchev–Trinajstić information content (AvgIpc) is 3.18. The molecule has 0 bridgehead atoms. The number of anilines is 1. The van der Waals surface area contributed by atoms with Crippen LogP contribution in [0.1, 0.15) is 39.7 Å². The van der Waals surface area contributed by atoms with Crippen LogP contribution in [0.25, 0.3) is 16.8 Å². The normalized spacial score (nSPS) is 12.8. The summed E-state index contributed by atoms with van der Waals surface area (Å²) >= 11 is 0. The first-order chi connectivity index (χ1) is 16.9. The highest BCUT2D eigenvalue weighted by molar-refractivity contribution is 5.95. The second-order valence-electron chi connectivity index (χ2n) is 9.06. The van der Waals surface area contributed by atoms with E-state index >= 15 is 0 Å². The second kappa shape index (κ2) is 9.22. The number of nitrogens with one attached hydrogen (secondary N) is 1. The minimum atomic E-state index is -0.170. The van der Waals surface area contributed by atoms with E-state index in [0.717, 1.165) is 34.5 Å². The van der Waals surface area contributed by atoms with Gasteiger partial charge in [-0.1, -0.05) is 54.1 Å². The maximum absolute atomic E-state index is 13.2. The zero-order chi connectivity index (χ0) is 24.5. The molecule has 1 aliphatic rings. The van der Waals surface area contributed by atoms with Crippen LogP contribution in [0, 0.1) is 13.8 Å². The number of hydrogen-bond donors (Lipinski definition) is 1. The van der Waals surface area contributed by atoms with Crippen LogP contribution in [0.2, 0.25) is 0 Å². The molecule has 0 radical (unpaired) electrons. The molecular formula is C29H28N4O2. The molecule has 0 unspecified atom stereocenters. The summed E-state index contributed by atoms with van der Waals surface area (Å²) in [5, 5.41) is 7.69. The molecule has 0 saturated heterocycles. The Hall–Kier alpha value is -4.19. The number of aromatic nitrogens is 2. The molecule has 0 fully saturated rings. The lowest BCUT2D eigenvalue weighted by molar-refractivity contribution is -0.114. The number of nitrogens with zero attached hydrogens (tertiary/aromatic N) is 3. The van der Waals surface area contributed by atoms with Crippen molar-refractivity contribution in [3.63, 3.8) is 0 Å². The molecule has 0 atom stereocenters. The number of carbonyl (C=O) groups excluding carboxylic acids is 2. The van der Waals surface area contributed by atoms with Crippen molar-refractivity contribution in [1.82, 2.24) is 14.7 Å². The molecule has 4 aromatic rings. The molecule has 1 aromatic heterocycles. The summed E-state index contributed by atoms with van der Waals surface area (Å²) < 4.78 is 1.73. The molecule has 176 valence electrons. The third-order valence-electron chi connectivity index (χ3n) is 6.47. The third kappa shape index (κ3) is 4.47. The van der Waals surface area contributed by atoms with Crippen LogP contribution in [-0.4, -0.2) is 33.0 Å². The van der Waals surface area contributed by atoms with Gasteiger partial charge in [-0.05, 0) is 61.2 Å². The lowest BCUT2D eigenvalue weighted by Crippen LogP contribution is -2.35. The van der Waals surface area contributed by atoms with Crippen LogP contribution in [0.5, 0.6) is 0 Å². The van der Waals surface area contributed by atoms with Gasteiger partial charge >= 0.3 is 0 Å². The van der Waals surface area contributed by atoms with Gasteiger partial charge in [0, 0.05) is 31.1 Å². The maximum Gasteiger partial charge on any atom is 0.254 e. The predicted molar refractivity (Wildman–Crippen MR) is 138 cm³/mol. The largest absolute Gasteiger partial charge is 0.334 e. The molecular weight excluding hydrogens is 436 g/mol. The maximum atomic E-state index is 13.2. The minimum Gasteiger partial charge on any atom is -0.334 e. The summed E-state index contributed by atoms with van der Waals surface area (Å²) in [5.74, 6) is 0.465. The third-order valence-corrected chi connectivity index (χ3v) is 6.47. The van der Waals surface area contributed by atoms with Crippen molar-refractivity contribution >= 4 is 17.6 Å². The van der Waals surface area contributed by atoms with Crippen LogP contribution in [0.4, 0.5) is 5.82 Å². The van der Waals surface area contributed by atoms with E-state index in [2.05, 4.69) is 17.4 Å². The molecule has 6 heteroatoms. The molecule has 0 saturated carbocycles. The molecule has 0 spiro atoms. The second-order valence-corrected chi connectivity index (χ2v) is 9.06. The van der Waals surface area contributed by atoms with Gasteiger partial charge in [-0.3, -0.25) is 9.59 Å². The number of hydrogen-bond acceptors (Lipinski definition) is 3. The topological polar surface area (TPSA) is 67.2 Å². The van der Waals surface area contributed by atoms with Crippen molar-refractivity contribution < 1.29 is 9.59 Å². The highest BCUT2D eigenvalue weighted by Crippen LogP contribution is 2.34. The standard InChI is InChI=1S/C29H28N4O2/c1-19-8-10-23(11-9-19)27-20(2)31-33(28(27)30-21(3)34)26-14-12-24(13-15-26)29(35)32-17-16-22-6-4-5-7-25(22)18-32/h4-15H,16-18H2,1-3H3,(H,30,34). The summed E-state index contributed by atoms with van der Waals surface area (Å²) in [6.07, 6.45) is 0.869. The van der Waals surface area contributed by atoms with Gasteiger partial charge in [0.05, 0.1) is 11.4 Å². The highest BCUT2D eigenvalue weighted by Gasteiger charge is 2.23. The first-order valence-corrected chi connectivity index (χ1v) is 11.8. The van der Waals surface area contributed by atoms with Crippen LogP contribution in [0.15, 0.2) is 72.8 Å². The zero-order valence-electron chi connectivity index (χ0n) is 20.2. The Kier molecular flexibility index (Phi) is 5.95. The fraction of sp³-hybridized carbons (Fsp3) is 0.207. The molecule has 1 N–H and O–H groups in total. The van der Waals surface area contributed by atoms with Crippen LogP contribution in [-0.2, 0) is 17.8 Å². The molecule has 1 aliphatic heterocycles. The Morgan fingerprint density at radius 1 is 0.886 bits per heavy atom. The highest BCUT2D eigenvalue weighted by atomic mass is 16.2. The van der Waals surface area contributed by atoms with Crippen molar-refractivity contribution in [2.24, 2.45) is 0 Å². The zero-order valence-corrected chi connectivity index (χ0v) is 20.2. The molecule has 35 heavy (non-hydrogen) atoms. The summed E-state index contributed by atoms with van der Waals surface area (Å²) in [4.78, 5) is 27.1. The van der Waals surface area contributed by atoms with Gasteiger partial charge < -0.3 is 10.2 Å². The smallest absolute Gasteiger partial charge is 0.254 e. The van der Waals surface area contributed by atoms with E-state index in [0.29, 0.717) is 24.5 Å². The first kappa shape index (κ1) is 22.6. The summed E-state index contributed by atoms with van der Waals surface area (Å²) in [5.41, 5.74) is 7.78.